The van der Waals surface area contributed by atoms with Crippen LogP contribution in [0.2, 0.25) is 0 Å². The number of halogens is 3. The van der Waals surface area contributed by atoms with E-state index in [-0.39, 0.29) is 23.7 Å². The number of anilines is 1. The monoisotopic (exact) mass is 442 g/mol. The topological polar surface area (TPSA) is 106 Å². The number of nitrogens with zero attached hydrogens (tertiary/aromatic N) is 3. The summed E-state index contributed by atoms with van der Waals surface area (Å²) in [4.78, 5) is 11.2. The number of hydrogen-bond donors (Lipinski definition) is 3. The van der Waals surface area contributed by atoms with E-state index in [4.69, 9.17) is 10.3 Å². The summed E-state index contributed by atoms with van der Waals surface area (Å²) in [5.41, 5.74) is 8.37. The number of nitrogens with one attached hydrogen (secondary N) is 2. The van der Waals surface area contributed by atoms with E-state index < -0.39 is 11.7 Å². The molecule has 10 heteroatoms. The lowest BCUT2D eigenvalue weighted by Crippen LogP contribution is -2.49. The van der Waals surface area contributed by atoms with Crippen LogP contribution in [0.15, 0.2) is 35.1 Å². The molecular formula is C22H21F3N6O. The molecule has 3 aromatic heterocycles. The van der Waals surface area contributed by atoms with E-state index in [1.807, 2.05) is 26.0 Å². The van der Waals surface area contributed by atoms with Gasteiger partial charge in [0.1, 0.15) is 11.3 Å². The molecule has 32 heavy (non-hydrogen) atoms. The first kappa shape index (κ1) is 20.5. The summed E-state index contributed by atoms with van der Waals surface area (Å²) >= 11 is 0. The van der Waals surface area contributed by atoms with Gasteiger partial charge in [-0.15, -0.1) is 0 Å². The maximum absolute atomic E-state index is 13.8. The fourth-order valence-corrected chi connectivity index (χ4v) is 4.11. The molecule has 0 bridgehead atoms. The van der Waals surface area contributed by atoms with Crippen LogP contribution in [0.4, 0.5) is 19.1 Å². The molecule has 0 unspecified atom stereocenters. The third kappa shape index (κ3) is 3.40. The van der Waals surface area contributed by atoms with Crippen LogP contribution in [0.3, 0.4) is 0 Å². The number of nitrogens with two attached hydrogens (primary N) is 1. The Bertz CT molecular complexity index is 1290. The van der Waals surface area contributed by atoms with Gasteiger partial charge in [-0.05, 0) is 38.3 Å². The van der Waals surface area contributed by atoms with Gasteiger partial charge in [-0.1, -0.05) is 17.3 Å². The molecule has 4 N–H and O–H groups in total. The lowest BCUT2D eigenvalue weighted by atomic mass is 9.87. The number of H-pyrrole nitrogens is 1. The molecular weight excluding hydrogens is 421 g/mol. The zero-order valence-corrected chi connectivity index (χ0v) is 17.4. The van der Waals surface area contributed by atoms with E-state index >= 15 is 0 Å². The lowest BCUT2D eigenvalue weighted by Gasteiger charge is -2.34. The van der Waals surface area contributed by atoms with Crippen LogP contribution in [0.25, 0.3) is 33.3 Å². The van der Waals surface area contributed by atoms with Crippen molar-refractivity contribution in [2.45, 2.75) is 44.9 Å². The molecule has 1 aliphatic rings. The van der Waals surface area contributed by atoms with Crippen LogP contribution in [-0.2, 0) is 6.18 Å². The van der Waals surface area contributed by atoms with Crippen molar-refractivity contribution in [3.8, 4) is 22.4 Å². The van der Waals surface area contributed by atoms with E-state index in [1.54, 1.807) is 6.07 Å². The average Bonchev–Trinajstić information content (AvgIpc) is 3.32. The molecule has 0 amide bonds. The standard InChI is InChI=1S/C22H21F3N6O/c1-10-19(11(2)32-31-10)12-3-4-13-14(8-27-18(13)7-12)20-15(22(23,24)25)9-28-21(30-20)29-17-6-5-16(17)26/h3-4,7-9,16-17,27H,5-6,26H2,1-2H3,(H,28,29,30)/t16-,17-/m0/s1. The minimum atomic E-state index is -4.60. The van der Waals surface area contributed by atoms with Gasteiger partial charge in [0.25, 0.3) is 0 Å². The Balaban J connectivity index is 1.60. The number of rotatable bonds is 4. The first-order valence-corrected chi connectivity index (χ1v) is 10.2. The van der Waals surface area contributed by atoms with Crippen molar-refractivity contribution < 1.29 is 17.7 Å². The SMILES string of the molecule is Cc1noc(C)c1-c1ccc2c(-c3nc(N[C@H]4CC[C@@H]4N)ncc3C(F)(F)F)c[nH]c2c1. The smallest absolute Gasteiger partial charge is 0.361 e. The Morgan fingerprint density at radius 2 is 2.03 bits per heavy atom. The van der Waals surface area contributed by atoms with Crippen molar-refractivity contribution in [3.05, 3.63) is 47.6 Å². The third-order valence-electron chi connectivity index (χ3n) is 6.00. The first-order chi connectivity index (χ1) is 15.2. The van der Waals surface area contributed by atoms with Crippen LogP contribution < -0.4 is 11.1 Å². The second-order valence-electron chi connectivity index (χ2n) is 8.11. The van der Waals surface area contributed by atoms with Gasteiger partial charge in [0.2, 0.25) is 5.95 Å². The van der Waals surface area contributed by atoms with Gasteiger partial charge in [-0.2, -0.15) is 13.2 Å². The van der Waals surface area contributed by atoms with Crippen molar-refractivity contribution in [3.63, 3.8) is 0 Å². The molecule has 1 saturated carbocycles. The summed E-state index contributed by atoms with van der Waals surface area (Å²) in [5, 5.41) is 7.65. The van der Waals surface area contributed by atoms with Gasteiger partial charge in [0, 0.05) is 46.5 Å². The van der Waals surface area contributed by atoms with Crippen LogP contribution >= 0.6 is 0 Å². The quantitative estimate of drug-likeness (QED) is 0.419. The van der Waals surface area contributed by atoms with Gasteiger partial charge >= 0.3 is 6.18 Å². The summed E-state index contributed by atoms with van der Waals surface area (Å²) in [5.74, 6) is 0.809. The molecule has 0 radical (unpaired) electrons. The molecule has 0 saturated heterocycles. The average molecular weight is 442 g/mol. The van der Waals surface area contributed by atoms with Crippen LogP contribution in [-0.4, -0.2) is 32.2 Å². The maximum atomic E-state index is 13.8. The number of aryl methyl sites for hydroxylation is 2. The number of hydrogen-bond acceptors (Lipinski definition) is 6. The molecule has 1 aliphatic carbocycles. The van der Waals surface area contributed by atoms with Gasteiger partial charge in [0.15, 0.2) is 0 Å². The number of aromatic amines is 1. The maximum Gasteiger partial charge on any atom is 0.419 e. The van der Waals surface area contributed by atoms with Gasteiger partial charge in [0.05, 0.1) is 11.4 Å². The highest BCUT2D eigenvalue weighted by Crippen LogP contribution is 2.40. The minimum absolute atomic E-state index is 0.0415. The lowest BCUT2D eigenvalue weighted by molar-refractivity contribution is -0.137. The molecule has 3 heterocycles. The number of alkyl halides is 3. The van der Waals surface area contributed by atoms with Crippen LogP contribution in [0.5, 0.6) is 0 Å². The molecule has 166 valence electrons. The predicted octanol–water partition coefficient (Wildman–Crippen LogP) is 4.82. The zero-order chi connectivity index (χ0) is 22.6. The normalized spacial score (nSPS) is 18.7. The van der Waals surface area contributed by atoms with E-state index in [9.17, 15) is 13.2 Å². The summed E-state index contributed by atoms with van der Waals surface area (Å²) in [7, 11) is 0. The summed E-state index contributed by atoms with van der Waals surface area (Å²) < 4.78 is 46.5. The molecule has 1 aromatic carbocycles. The van der Waals surface area contributed by atoms with Gasteiger partial charge < -0.3 is 20.6 Å². The molecule has 0 spiro atoms. The number of benzene rings is 1. The molecule has 1 fully saturated rings. The molecule has 0 aliphatic heterocycles. The Morgan fingerprint density at radius 1 is 1.22 bits per heavy atom. The van der Waals surface area contributed by atoms with Crippen molar-refractivity contribution in [1.82, 2.24) is 20.1 Å². The second kappa shape index (κ2) is 7.33. The van der Waals surface area contributed by atoms with E-state index in [1.165, 1.54) is 6.20 Å². The van der Waals surface area contributed by atoms with Crippen molar-refractivity contribution in [2.24, 2.45) is 5.73 Å². The Morgan fingerprint density at radius 3 is 2.66 bits per heavy atom. The van der Waals surface area contributed by atoms with Crippen LogP contribution in [0, 0.1) is 13.8 Å². The fraction of sp³-hybridized carbons (Fsp3) is 0.318. The highest BCUT2D eigenvalue weighted by molar-refractivity contribution is 5.97. The first-order valence-electron chi connectivity index (χ1n) is 10.2. The molecule has 4 aromatic rings. The van der Waals surface area contributed by atoms with Gasteiger partial charge in [-0.3, -0.25) is 0 Å². The molecule has 2 atom stereocenters. The fourth-order valence-electron chi connectivity index (χ4n) is 4.11. The van der Waals surface area contributed by atoms with E-state index in [2.05, 4.69) is 25.4 Å². The Labute approximate surface area is 181 Å². The summed E-state index contributed by atoms with van der Waals surface area (Å²) in [6, 6.07) is 5.39. The van der Waals surface area contributed by atoms with Crippen LogP contribution in [0.1, 0.15) is 29.9 Å². The van der Waals surface area contributed by atoms with E-state index in [0.29, 0.717) is 22.2 Å². The third-order valence-corrected chi connectivity index (χ3v) is 6.00. The highest BCUT2D eigenvalue weighted by atomic mass is 19.4. The highest BCUT2D eigenvalue weighted by Gasteiger charge is 2.36. The van der Waals surface area contributed by atoms with E-state index in [0.717, 1.165) is 35.9 Å². The number of aromatic nitrogens is 4. The minimum Gasteiger partial charge on any atom is -0.361 e. The van der Waals surface area contributed by atoms with Crippen molar-refractivity contribution >= 4 is 16.9 Å². The molecule has 5 rings (SSSR count). The predicted molar refractivity (Wildman–Crippen MR) is 114 cm³/mol. The Kier molecular flexibility index (Phi) is 4.70. The van der Waals surface area contributed by atoms with Gasteiger partial charge in [-0.25, -0.2) is 9.97 Å². The van der Waals surface area contributed by atoms with Crippen molar-refractivity contribution in [2.75, 3.05) is 5.32 Å². The Hall–Kier alpha value is -3.40. The molecule has 7 nitrogen and oxygen atoms in total. The largest absolute Gasteiger partial charge is 0.419 e. The summed E-state index contributed by atoms with van der Waals surface area (Å²) in [6.45, 7) is 3.66. The van der Waals surface area contributed by atoms with Crippen molar-refractivity contribution in [1.29, 1.82) is 0 Å². The zero-order valence-electron chi connectivity index (χ0n) is 17.4. The summed E-state index contributed by atoms with van der Waals surface area (Å²) in [6.07, 6.45) is -0.537. The number of fused-ring (bicyclic) bond motifs is 1. The second-order valence-corrected chi connectivity index (χ2v) is 8.11.